The maximum atomic E-state index is 13.2. The highest BCUT2D eigenvalue weighted by atomic mass is 19.1. The van der Waals surface area contributed by atoms with Gasteiger partial charge in [0, 0.05) is 16.9 Å². The normalized spacial score (nSPS) is 10.2. The van der Waals surface area contributed by atoms with E-state index in [0.29, 0.717) is 17.8 Å². The van der Waals surface area contributed by atoms with E-state index in [-0.39, 0.29) is 11.5 Å². The highest BCUT2D eigenvalue weighted by Crippen LogP contribution is 2.15. The standard InChI is InChI=1S/C21H17FN2O2/c22-17-8-4-7-16(14-17)21(26)24-19-11-9-18(10-12-19)23-20(25)13-15-5-2-1-3-6-15/h1-12,14H,13H2,(H,23,25)(H,24,26). The Morgan fingerprint density at radius 1 is 0.769 bits per heavy atom. The molecule has 3 rings (SSSR count). The second-order valence-electron chi connectivity index (χ2n) is 5.75. The number of amides is 2. The Balaban J connectivity index is 1.58. The topological polar surface area (TPSA) is 58.2 Å². The smallest absolute Gasteiger partial charge is 0.255 e. The quantitative estimate of drug-likeness (QED) is 0.724. The Hall–Kier alpha value is -3.47. The Labute approximate surface area is 150 Å². The minimum atomic E-state index is -0.464. The van der Waals surface area contributed by atoms with Gasteiger partial charge in [-0.1, -0.05) is 36.4 Å². The predicted octanol–water partition coefficient (Wildman–Crippen LogP) is 4.26. The second-order valence-corrected chi connectivity index (χ2v) is 5.75. The van der Waals surface area contributed by atoms with Crippen LogP contribution in [-0.4, -0.2) is 11.8 Å². The van der Waals surface area contributed by atoms with Gasteiger partial charge in [-0.3, -0.25) is 9.59 Å². The molecule has 0 saturated heterocycles. The van der Waals surface area contributed by atoms with Crippen molar-refractivity contribution in [2.75, 3.05) is 10.6 Å². The first-order valence-corrected chi connectivity index (χ1v) is 8.11. The molecule has 0 unspecified atom stereocenters. The summed E-state index contributed by atoms with van der Waals surface area (Å²) in [5, 5.41) is 5.50. The number of rotatable bonds is 5. The molecule has 4 nitrogen and oxygen atoms in total. The summed E-state index contributed by atoms with van der Waals surface area (Å²) in [5.41, 5.74) is 2.37. The van der Waals surface area contributed by atoms with Crippen LogP contribution in [0.4, 0.5) is 15.8 Å². The molecule has 0 saturated carbocycles. The van der Waals surface area contributed by atoms with Gasteiger partial charge in [0.05, 0.1) is 6.42 Å². The van der Waals surface area contributed by atoms with E-state index >= 15 is 0 Å². The highest BCUT2D eigenvalue weighted by molar-refractivity contribution is 6.04. The van der Waals surface area contributed by atoms with E-state index < -0.39 is 11.7 Å². The molecule has 0 spiro atoms. The van der Waals surface area contributed by atoms with Crippen molar-refractivity contribution in [3.63, 3.8) is 0 Å². The fourth-order valence-corrected chi connectivity index (χ4v) is 2.46. The van der Waals surface area contributed by atoms with Crippen molar-refractivity contribution in [1.29, 1.82) is 0 Å². The van der Waals surface area contributed by atoms with Crippen molar-refractivity contribution in [3.05, 3.63) is 95.8 Å². The third-order valence-corrected chi connectivity index (χ3v) is 3.72. The molecule has 130 valence electrons. The number of hydrogen-bond donors (Lipinski definition) is 2. The number of hydrogen-bond acceptors (Lipinski definition) is 2. The van der Waals surface area contributed by atoms with Gasteiger partial charge in [-0.05, 0) is 48.0 Å². The Bertz CT molecular complexity index is 909. The molecule has 26 heavy (non-hydrogen) atoms. The van der Waals surface area contributed by atoms with Crippen molar-refractivity contribution in [2.45, 2.75) is 6.42 Å². The predicted molar refractivity (Wildman–Crippen MR) is 99.6 cm³/mol. The Kier molecular flexibility index (Phi) is 5.39. The SMILES string of the molecule is O=C(Cc1ccccc1)Nc1ccc(NC(=O)c2cccc(F)c2)cc1. The van der Waals surface area contributed by atoms with Gasteiger partial charge < -0.3 is 10.6 Å². The summed E-state index contributed by atoms with van der Waals surface area (Å²) in [5.74, 6) is -0.979. The number of carbonyl (C=O) groups excluding carboxylic acids is 2. The fourth-order valence-electron chi connectivity index (χ4n) is 2.46. The van der Waals surface area contributed by atoms with E-state index in [1.165, 1.54) is 24.3 Å². The largest absolute Gasteiger partial charge is 0.326 e. The Morgan fingerprint density at radius 3 is 2.08 bits per heavy atom. The first-order chi connectivity index (χ1) is 12.6. The average Bonchev–Trinajstić information content (AvgIpc) is 2.64. The van der Waals surface area contributed by atoms with Gasteiger partial charge in [-0.2, -0.15) is 0 Å². The zero-order chi connectivity index (χ0) is 18.4. The lowest BCUT2D eigenvalue weighted by Gasteiger charge is -2.08. The molecular weight excluding hydrogens is 331 g/mol. The van der Waals surface area contributed by atoms with Crippen LogP contribution in [0.25, 0.3) is 0 Å². The van der Waals surface area contributed by atoms with Crippen LogP contribution < -0.4 is 10.6 Å². The van der Waals surface area contributed by atoms with Crippen LogP contribution in [0.15, 0.2) is 78.9 Å². The number of carbonyl (C=O) groups is 2. The van der Waals surface area contributed by atoms with Crippen LogP contribution in [0.2, 0.25) is 0 Å². The third-order valence-electron chi connectivity index (χ3n) is 3.72. The molecule has 5 heteroatoms. The molecular formula is C21H17FN2O2. The summed E-state index contributed by atoms with van der Waals surface area (Å²) in [7, 11) is 0. The summed E-state index contributed by atoms with van der Waals surface area (Å²) < 4.78 is 13.2. The fraction of sp³-hybridized carbons (Fsp3) is 0.0476. The van der Waals surface area contributed by atoms with Crippen molar-refractivity contribution in [3.8, 4) is 0 Å². The zero-order valence-corrected chi connectivity index (χ0v) is 13.9. The number of anilines is 2. The van der Waals surface area contributed by atoms with E-state index in [9.17, 15) is 14.0 Å². The van der Waals surface area contributed by atoms with Crippen LogP contribution >= 0.6 is 0 Å². The van der Waals surface area contributed by atoms with Gasteiger partial charge in [0.25, 0.3) is 5.91 Å². The molecule has 2 amide bonds. The summed E-state index contributed by atoms with van der Waals surface area (Å²) in [6.07, 6.45) is 0.291. The lowest BCUT2D eigenvalue weighted by Crippen LogP contribution is -2.15. The van der Waals surface area contributed by atoms with Gasteiger partial charge in [0.1, 0.15) is 5.82 Å². The lowest BCUT2D eigenvalue weighted by atomic mass is 10.1. The number of benzene rings is 3. The molecule has 3 aromatic rings. The van der Waals surface area contributed by atoms with E-state index in [2.05, 4.69) is 10.6 Å². The molecule has 0 atom stereocenters. The number of nitrogens with one attached hydrogen (secondary N) is 2. The minimum Gasteiger partial charge on any atom is -0.326 e. The van der Waals surface area contributed by atoms with E-state index in [1.807, 2.05) is 30.3 Å². The highest BCUT2D eigenvalue weighted by Gasteiger charge is 2.08. The van der Waals surface area contributed by atoms with E-state index in [4.69, 9.17) is 0 Å². The molecule has 0 bridgehead atoms. The number of halogens is 1. The van der Waals surface area contributed by atoms with E-state index in [0.717, 1.165) is 5.56 Å². The van der Waals surface area contributed by atoms with Crippen molar-refractivity contribution < 1.29 is 14.0 Å². The van der Waals surface area contributed by atoms with Crippen LogP contribution in [0.1, 0.15) is 15.9 Å². The minimum absolute atomic E-state index is 0.118. The van der Waals surface area contributed by atoms with Gasteiger partial charge in [-0.15, -0.1) is 0 Å². The molecule has 0 heterocycles. The maximum absolute atomic E-state index is 13.2. The van der Waals surface area contributed by atoms with Crippen molar-refractivity contribution >= 4 is 23.2 Å². The zero-order valence-electron chi connectivity index (χ0n) is 13.9. The summed E-state index contributed by atoms with van der Waals surface area (Å²) >= 11 is 0. The first-order valence-electron chi connectivity index (χ1n) is 8.11. The van der Waals surface area contributed by atoms with Crippen LogP contribution in [-0.2, 0) is 11.2 Å². The van der Waals surface area contributed by atoms with Crippen LogP contribution in [0.3, 0.4) is 0 Å². The average molecular weight is 348 g/mol. The van der Waals surface area contributed by atoms with Crippen LogP contribution in [0.5, 0.6) is 0 Å². The van der Waals surface area contributed by atoms with Crippen molar-refractivity contribution in [2.24, 2.45) is 0 Å². The molecule has 3 aromatic carbocycles. The van der Waals surface area contributed by atoms with E-state index in [1.54, 1.807) is 24.3 Å². The molecule has 0 radical (unpaired) electrons. The molecule has 2 N–H and O–H groups in total. The lowest BCUT2D eigenvalue weighted by molar-refractivity contribution is -0.115. The Morgan fingerprint density at radius 2 is 1.42 bits per heavy atom. The summed E-state index contributed by atoms with van der Waals surface area (Å²) in [4.78, 5) is 24.1. The second kappa shape index (κ2) is 8.07. The molecule has 0 aliphatic heterocycles. The van der Waals surface area contributed by atoms with Gasteiger partial charge in [0.2, 0.25) is 5.91 Å². The third kappa shape index (κ3) is 4.77. The molecule has 0 aliphatic rings. The molecule has 0 aliphatic carbocycles. The maximum Gasteiger partial charge on any atom is 0.255 e. The van der Waals surface area contributed by atoms with Gasteiger partial charge >= 0.3 is 0 Å². The first kappa shape index (κ1) is 17.4. The van der Waals surface area contributed by atoms with Gasteiger partial charge in [-0.25, -0.2) is 4.39 Å². The van der Waals surface area contributed by atoms with Gasteiger partial charge in [0.15, 0.2) is 0 Å². The molecule has 0 aromatic heterocycles. The summed E-state index contributed by atoms with van der Waals surface area (Å²) in [6.45, 7) is 0. The molecule has 0 fully saturated rings. The van der Waals surface area contributed by atoms with Crippen LogP contribution in [0, 0.1) is 5.82 Å². The van der Waals surface area contributed by atoms with Crippen molar-refractivity contribution in [1.82, 2.24) is 0 Å². The summed E-state index contributed by atoms with van der Waals surface area (Å²) in [6, 6.07) is 21.7. The monoisotopic (exact) mass is 348 g/mol.